The van der Waals surface area contributed by atoms with Crippen LogP contribution in [0.3, 0.4) is 0 Å². The predicted molar refractivity (Wildman–Crippen MR) is 119 cm³/mol. The van der Waals surface area contributed by atoms with E-state index in [-0.39, 0.29) is 0 Å². The quantitative estimate of drug-likeness (QED) is 0.556. The Morgan fingerprint density at radius 3 is 2.63 bits per heavy atom. The second-order valence-electron chi connectivity index (χ2n) is 9.44. The Bertz CT molecular complexity index is 755. The molecule has 2 N–H and O–H groups in total. The normalized spacial score (nSPS) is 31.0. The van der Waals surface area contributed by atoms with Gasteiger partial charge in [0.1, 0.15) is 5.75 Å². The Kier molecular flexibility index (Phi) is 5.63. The Balaban J connectivity index is 1.25. The number of likely N-dealkylation sites (tertiary alicyclic amines) is 1. The summed E-state index contributed by atoms with van der Waals surface area (Å²) in [6.45, 7) is 4.11. The van der Waals surface area contributed by atoms with Crippen LogP contribution in [-0.4, -0.2) is 63.4 Å². The van der Waals surface area contributed by atoms with Gasteiger partial charge >= 0.3 is 0 Å². The Labute approximate surface area is 180 Å². The van der Waals surface area contributed by atoms with Crippen molar-refractivity contribution in [3.63, 3.8) is 0 Å². The Morgan fingerprint density at radius 1 is 1.23 bits per heavy atom. The van der Waals surface area contributed by atoms with Crippen molar-refractivity contribution in [2.24, 2.45) is 16.3 Å². The molecule has 6 heteroatoms. The fraction of sp³-hybridized carbons (Fsp3) is 0.708. The van der Waals surface area contributed by atoms with E-state index in [1.54, 1.807) is 7.11 Å². The van der Waals surface area contributed by atoms with Crippen molar-refractivity contribution < 1.29 is 9.47 Å². The van der Waals surface area contributed by atoms with Gasteiger partial charge in [-0.2, -0.15) is 0 Å². The highest BCUT2D eigenvalue weighted by atomic mass is 16.5. The summed E-state index contributed by atoms with van der Waals surface area (Å²) in [6.07, 6.45) is 8.17. The molecule has 4 aliphatic rings. The van der Waals surface area contributed by atoms with Crippen LogP contribution in [0.4, 0.5) is 0 Å². The average molecular weight is 413 g/mol. The molecule has 4 unspecified atom stereocenters. The van der Waals surface area contributed by atoms with E-state index in [2.05, 4.69) is 44.8 Å². The molecule has 2 heterocycles. The first kappa shape index (κ1) is 20.1. The van der Waals surface area contributed by atoms with Crippen LogP contribution in [0.1, 0.15) is 50.1 Å². The molecule has 0 aromatic heterocycles. The van der Waals surface area contributed by atoms with Crippen molar-refractivity contribution in [3.05, 3.63) is 29.8 Å². The van der Waals surface area contributed by atoms with Gasteiger partial charge in [0.2, 0.25) is 0 Å². The average Bonchev–Trinajstić information content (AvgIpc) is 3.41. The fourth-order valence-corrected chi connectivity index (χ4v) is 6.33. The molecule has 2 saturated heterocycles. The van der Waals surface area contributed by atoms with Gasteiger partial charge in [-0.3, -0.25) is 9.89 Å². The summed E-state index contributed by atoms with van der Waals surface area (Å²) < 4.78 is 11.4. The van der Waals surface area contributed by atoms with Crippen LogP contribution in [-0.2, 0) is 4.74 Å². The topological polar surface area (TPSA) is 58.1 Å². The standard InChI is InChI=1S/C24H36N4O2/c1-25-23(27-21-19-10-15-30-22(19)24(21)11-5-12-24)26-16-20(28-13-3-4-14-28)17-6-8-18(29-2)9-7-17/h6-9,19-22H,3-5,10-16H2,1-2H3,(H2,25,26,27). The number of hydrogen-bond donors (Lipinski definition) is 2. The molecule has 2 aliphatic heterocycles. The number of nitrogens with one attached hydrogen (secondary N) is 2. The van der Waals surface area contributed by atoms with Crippen molar-refractivity contribution in [3.8, 4) is 5.75 Å². The SMILES string of the molecule is CN=C(NCC(c1ccc(OC)cc1)N1CCCC1)NC1C2CCOC2C12CCC2. The zero-order valence-electron chi connectivity index (χ0n) is 18.4. The van der Waals surface area contributed by atoms with Crippen LogP contribution in [0.2, 0.25) is 0 Å². The molecule has 4 atom stereocenters. The number of ether oxygens (including phenoxy) is 2. The van der Waals surface area contributed by atoms with E-state index in [9.17, 15) is 0 Å². The maximum absolute atomic E-state index is 6.08. The van der Waals surface area contributed by atoms with Gasteiger partial charge in [0, 0.05) is 37.6 Å². The molecular weight excluding hydrogens is 376 g/mol. The zero-order chi connectivity index (χ0) is 20.6. The number of methoxy groups -OCH3 is 1. The highest BCUT2D eigenvalue weighted by molar-refractivity contribution is 5.80. The monoisotopic (exact) mass is 412 g/mol. The lowest BCUT2D eigenvalue weighted by molar-refractivity contribution is -0.171. The number of rotatable bonds is 6. The first-order valence-corrected chi connectivity index (χ1v) is 11.7. The number of aliphatic imine (C=N–C) groups is 1. The van der Waals surface area contributed by atoms with E-state index in [4.69, 9.17) is 9.47 Å². The number of nitrogens with zero attached hydrogens (tertiary/aromatic N) is 2. The van der Waals surface area contributed by atoms with Crippen molar-refractivity contribution in [1.82, 2.24) is 15.5 Å². The van der Waals surface area contributed by atoms with E-state index in [0.717, 1.165) is 38.0 Å². The lowest BCUT2D eigenvalue weighted by Crippen LogP contribution is -2.72. The third-order valence-electron chi connectivity index (χ3n) is 8.10. The molecule has 2 aliphatic carbocycles. The molecule has 5 rings (SSSR count). The molecule has 1 aromatic carbocycles. The number of benzene rings is 1. The first-order valence-electron chi connectivity index (χ1n) is 11.7. The van der Waals surface area contributed by atoms with Crippen molar-refractivity contribution >= 4 is 5.96 Å². The first-order chi connectivity index (χ1) is 14.7. The van der Waals surface area contributed by atoms with Gasteiger partial charge in [0.15, 0.2) is 5.96 Å². The molecule has 0 amide bonds. The largest absolute Gasteiger partial charge is 0.497 e. The molecule has 0 radical (unpaired) electrons. The maximum atomic E-state index is 6.08. The maximum Gasteiger partial charge on any atom is 0.191 e. The van der Waals surface area contributed by atoms with Gasteiger partial charge in [-0.05, 0) is 62.9 Å². The Hall–Kier alpha value is -1.79. The lowest BCUT2D eigenvalue weighted by Gasteiger charge is -2.63. The molecule has 30 heavy (non-hydrogen) atoms. The second-order valence-corrected chi connectivity index (χ2v) is 9.44. The summed E-state index contributed by atoms with van der Waals surface area (Å²) >= 11 is 0. The summed E-state index contributed by atoms with van der Waals surface area (Å²) in [6, 6.07) is 9.40. The van der Waals surface area contributed by atoms with Crippen LogP contribution in [0.25, 0.3) is 0 Å². The third-order valence-corrected chi connectivity index (χ3v) is 8.10. The second kappa shape index (κ2) is 8.39. The van der Waals surface area contributed by atoms with Crippen LogP contribution in [0, 0.1) is 11.3 Å². The van der Waals surface area contributed by atoms with Gasteiger partial charge in [0.25, 0.3) is 0 Å². The highest BCUT2D eigenvalue weighted by Gasteiger charge is 2.66. The summed E-state index contributed by atoms with van der Waals surface area (Å²) in [5.41, 5.74) is 1.70. The molecule has 1 spiro atoms. The molecule has 2 saturated carbocycles. The molecular formula is C24H36N4O2. The van der Waals surface area contributed by atoms with Crippen molar-refractivity contribution in [2.45, 2.75) is 56.7 Å². The zero-order valence-corrected chi connectivity index (χ0v) is 18.4. The molecule has 4 fully saturated rings. The summed E-state index contributed by atoms with van der Waals surface area (Å²) in [7, 11) is 3.61. The lowest BCUT2D eigenvalue weighted by atomic mass is 9.46. The fourth-order valence-electron chi connectivity index (χ4n) is 6.33. The highest BCUT2D eigenvalue weighted by Crippen LogP contribution is 2.62. The summed E-state index contributed by atoms with van der Waals surface area (Å²) in [5.74, 6) is 2.50. The van der Waals surface area contributed by atoms with E-state index < -0.39 is 0 Å². The van der Waals surface area contributed by atoms with E-state index in [1.165, 1.54) is 44.1 Å². The molecule has 0 bridgehead atoms. The van der Waals surface area contributed by atoms with E-state index in [0.29, 0.717) is 29.5 Å². The van der Waals surface area contributed by atoms with Crippen LogP contribution in [0.15, 0.2) is 29.3 Å². The summed E-state index contributed by atoms with van der Waals surface area (Å²) in [5, 5.41) is 7.47. The van der Waals surface area contributed by atoms with Gasteiger partial charge in [0.05, 0.1) is 19.3 Å². The smallest absolute Gasteiger partial charge is 0.191 e. The van der Waals surface area contributed by atoms with Gasteiger partial charge in [-0.1, -0.05) is 18.6 Å². The van der Waals surface area contributed by atoms with Crippen LogP contribution < -0.4 is 15.4 Å². The minimum atomic E-state index is 0.346. The van der Waals surface area contributed by atoms with E-state index >= 15 is 0 Å². The summed E-state index contributed by atoms with van der Waals surface area (Å²) in [4.78, 5) is 7.18. The number of fused-ring (bicyclic) bond motifs is 2. The van der Waals surface area contributed by atoms with Gasteiger partial charge in [-0.15, -0.1) is 0 Å². The van der Waals surface area contributed by atoms with Crippen LogP contribution >= 0.6 is 0 Å². The third kappa shape index (κ3) is 3.38. The van der Waals surface area contributed by atoms with E-state index in [1.807, 2.05) is 7.05 Å². The van der Waals surface area contributed by atoms with Gasteiger partial charge < -0.3 is 20.1 Å². The van der Waals surface area contributed by atoms with Crippen molar-refractivity contribution in [1.29, 1.82) is 0 Å². The number of hydrogen-bond acceptors (Lipinski definition) is 4. The molecule has 6 nitrogen and oxygen atoms in total. The number of guanidine groups is 1. The Morgan fingerprint density at radius 2 is 2.00 bits per heavy atom. The van der Waals surface area contributed by atoms with Crippen molar-refractivity contribution in [2.75, 3.05) is 40.4 Å². The van der Waals surface area contributed by atoms with Crippen LogP contribution in [0.5, 0.6) is 5.75 Å². The van der Waals surface area contributed by atoms with Gasteiger partial charge in [-0.25, -0.2) is 0 Å². The minimum Gasteiger partial charge on any atom is -0.497 e. The predicted octanol–water partition coefficient (Wildman–Crippen LogP) is 2.95. The molecule has 164 valence electrons. The molecule has 1 aromatic rings. The minimum absolute atomic E-state index is 0.346.